The highest BCUT2D eigenvalue weighted by atomic mass is 35.5. The van der Waals surface area contributed by atoms with Crippen molar-refractivity contribution >= 4 is 23.2 Å². The summed E-state index contributed by atoms with van der Waals surface area (Å²) in [5.41, 5.74) is 0.546. The maximum Gasteiger partial charge on any atom is 0.132 e. The Morgan fingerprint density at radius 2 is 1.56 bits per heavy atom. The topological polar surface area (TPSA) is 0 Å². The molecule has 0 saturated carbocycles. The molecule has 0 amide bonds. The first-order valence-corrected chi connectivity index (χ1v) is 5.24. The molecule has 82 valence electrons. The van der Waals surface area contributed by atoms with E-state index in [4.69, 9.17) is 23.2 Å². The molecule has 0 aliphatic rings. The van der Waals surface area contributed by atoms with E-state index in [1.807, 2.05) is 0 Å². The molecule has 2 aromatic carbocycles. The van der Waals surface area contributed by atoms with E-state index in [1.165, 1.54) is 30.3 Å². The zero-order chi connectivity index (χ0) is 11.7. The van der Waals surface area contributed by atoms with Gasteiger partial charge in [-0.05, 0) is 36.4 Å². The molecule has 0 aromatic heterocycles. The third-order valence-corrected chi connectivity index (χ3v) is 2.71. The second kappa shape index (κ2) is 4.40. The molecule has 2 aromatic rings. The monoisotopic (exact) mass is 258 g/mol. The van der Waals surface area contributed by atoms with E-state index in [1.54, 1.807) is 0 Å². The summed E-state index contributed by atoms with van der Waals surface area (Å²) in [5.74, 6) is -0.992. The zero-order valence-electron chi connectivity index (χ0n) is 7.98. The number of rotatable bonds is 1. The van der Waals surface area contributed by atoms with Gasteiger partial charge in [0.25, 0.3) is 0 Å². The van der Waals surface area contributed by atoms with Crippen LogP contribution in [0, 0.1) is 11.6 Å². The normalized spacial score (nSPS) is 10.5. The third kappa shape index (κ3) is 2.18. The number of hydrogen-bond donors (Lipinski definition) is 0. The summed E-state index contributed by atoms with van der Waals surface area (Å²) in [4.78, 5) is 0. The van der Waals surface area contributed by atoms with E-state index in [9.17, 15) is 8.78 Å². The summed E-state index contributed by atoms with van der Waals surface area (Å²) in [6, 6.07) is 7.96. The van der Waals surface area contributed by atoms with Crippen molar-refractivity contribution < 1.29 is 8.78 Å². The molecule has 0 nitrogen and oxygen atoms in total. The minimum Gasteiger partial charge on any atom is -0.207 e. The van der Waals surface area contributed by atoms with E-state index in [2.05, 4.69) is 0 Å². The van der Waals surface area contributed by atoms with Gasteiger partial charge in [0, 0.05) is 21.2 Å². The molecule has 16 heavy (non-hydrogen) atoms. The molecule has 0 aliphatic carbocycles. The average molecular weight is 259 g/mol. The van der Waals surface area contributed by atoms with Crippen LogP contribution in [-0.2, 0) is 0 Å². The molecular formula is C12H6Cl2F2. The molecule has 0 saturated heterocycles. The Morgan fingerprint density at radius 1 is 0.812 bits per heavy atom. The van der Waals surface area contributed by atoms with Crippen LogP contribution in [0.15, 0.2) is 36.4 Å². The Morgan fingerprint density at radius 3 is 2.25 bits per heavy atom. The second-order valence-corrected chi connectivity index (χ2v) is 4.09. The predicted molar refractivity (Wildman–Crippen MR) is 61.8 cm³/mol. The van der Waals surface area contributed by atoms with E-state index in [0.717, 1.165) is 6.07 Å². The van der Waals surface area contributed by atoms with E-state index >= 15 is 0 Å². The summed E-state index contributed by atoms with van der Waals surface area (Å²) in [6.07, 6.45) is 0. The van der Waals surface area contributed by atoms with Crippen molar-refractivity contribution in [3.8, 4) is 11.1 Å². The van der Waals surface area contributed by atoms with Gasteiger partial charge >= 0.3 is 0 Å². The van der Waals surface area contributed by atoms with Crippen molar-refractivity contribution in [1.29, 1.82) is 0 Å². The lowest BCUT2D eigenvalue weighted by atomic mass is 10.1. The van der Waals surface area contributed by atoms with Crippen molar-refractivity contribution in [1.82, 2.24) is 0 Å². The first kappa shape index (κ1) is 11.4. The van der Waals surface area contributed by atoms with Gasteiger partial charge in [0.05, 0.1) is 0 Å². The summed E-state index contributed by atoms with van der Waals surface area (Å²) in [6.45, 7) is 0. The minimum atomic E-state index is -0.528. The molecule has 2 rings (SSSR count). The third-order valence-electron chi connectivity index (χ3n) is 2.15. The Kier molecular flexibility index (Phi) is 3.13. The van der Waals surface area contributed by atoms with E-state index < -0.39 is 11.6 Å². The fourth-order valence-corrected chi connectivity index (χ4v) is 1.79. The van der Waals surface area contributed by atoms with Gasteiger partial charge in [-0.25, -0.2) is 8.78 Å². The molecule has 0 heterocycles. The van der Waals surface area contributed by atoms with Gasteiger partial charge in [0.15, 0.2) is 0 Å². The molecule has 0 atom stereocenters. The maximum atomic E-state index is 13.6. The maximum absolute atomic E-state index is 13.6. The lowest BCUT2D eigenvalue weighted by Crippen LogP contribution is -1.87. The van der Waals surface area contributed by atoms with Crippen molar-refractivity contribution in [3.63, 3.8) is 0 Å². The first-order chi connectivity index (χ1) is 7.58. The zero-order valence-corrected chi connectivity index (χ0v) is 9.49. The quantitative estimate of drug-likeness (QED) is 0.680. The highest BCUT2D eigenvalue weighted by Crippen LogP contribution is 2.31. The Hall–Kier alpha value is -1.12. The fraction of sp³-hybridized carbons (Fsp3) is 0. The van der Waals surface area contributed by atoms with Gasteiger partial charge in [-0.2, -0.15) is 0 Å². The Bertz CT molecular complexity index is 539. The van der Waals surface area contributed by atoms with E-state index in [-0.39, 0.29) is 10.6 Å². The van der Waals surface area contributed by atoms with Crippen LogP contribution in [0.1, 0.15) is 0 Å². The van der Waals surface area contributed by atoms with Gasteiger partial charge in [0.2, 0.25) is 0 Å². The van der Waals surface area contributed by atoms with Crippen LogP contribution >= 0.6 is 23.2 Å². The van der Waals surface area contributed by atoms with Crippen LogP contribution < -0.4 is 0 Å². The molecule has 0 aliphatic heterocycles. The van der Waals surface area contributed by atoms with Gasteiger partial charge in [-0.3, -0.25) is 0 Å². The molecule has 0 bridgehead atoms. The molecular weight excluding hydrogens is 253 g/mol. The van der Waals surface area contributed by atoms with Gasteiger partial charge in [-0.1, -0.05) is 23.2 Å². The van der Waals surface area contributed by atoms with Crippen molar-refractivity contribution in [2.24, 2.45) is 0 Å². The Labute approximate surface area is 101 Å². The summed E-state index contributed by atoms with van der Waals surface area (Å²) in [7, 11) is 0. The van der Waals surface area contributed by atoms with Gasteiger partial charge < -0.3 is 0 Å². The lowest BCUT2D eigenvalue weighted by molar-refractivity contribution is 0.625. The largest absolute Gasteiger partial charge is 0.207 e. The molecule has 4 heteroatoms. The first-order valence-electron chi connectivity index (χ1n) is 4.48. The molecule has 0 fully saturated rings. The highest BCUT2D eigenvalue weighted by Gasteiger charge is 2.10. The van der Waals surface area contributed by atoms with Crippen molar-refractivity contribution in [3.05, 3.63) is 58.1 Å². The average Bonchev–Trinajstić information content (AvgIpc) is 2.22. The van der Waals surface area contributed by atoms with Crippen molar-refractivity contribution in [2.75, 3.05) is 0 Å². The van der Waals surface area contributed by atoms with Crippen molar-refractivity contribution in [2.45, 2.75) is 0 Å². The molecule has 0 spiro atoms. The van der Waals surface area contributed by atoms with Gasteiger partial charge in [0.1, 0.15) is 11.6 Å². The van der Waals surface area contributed by atoms with Gasteiger partial charge in [-0.15, -0.1) is 0 Å². The fourth-order valence-electron chi connectivity index (χ4n) is 1.41. The summed E-state index contributed by atoms with van der Waals surface area (Å²) >= 11 is 11.5. The molecule has 0 N–H and O–H groups in total. The summed E-state index contributed by atoms with van der Waals surface area (Å²) < 4.78 is 26.6. The van der Waals surface area contributed by atoms with Crippen LogP contribution in [0.3, 0.4) is 0 Å². The van der Waals surface area contributed by atoms with Crippen LogP contribution in [0.25, 0.3) is 11.1 Å². The second-order valence-electron chi connectivity index (χ2n) is 3.25. The Balaban J connectivity index is 2.62. The van der Waals surface area contributed by atoms with Crippen LogP contribution in [0.4, 0.5) is 8.78 Å². The number of halogens is 4. The van der Waals surface area contributed by atoms with E-state index in [0.29, 0.717) is 10.6 Å². The van der Waals surface area contributed by atoms with Crippen LogP contribution in [0.5, 0.6) is 0 Å². The SMILES string of the molecule is Fc1ccc(Cl)c(-c2ccc(Cl)cc2F)c1. The highest BCUT2D eigenvalue weighted by molar-refractivity contribution is 6.33. The minimum absolute atomic E-state index is 0.230. The number of hydrogen-bond acceptors (Lipinski definition) is 0. The van der Waals surface area contributed by atoms with Crippen LogP contribution in [0.2, 0.25) is 10.0 Å². The smallest absolute Gasteiger partial charge is 0.132 e. The molecule has 0 unspecified atom stereocenters. The molecule has 0 radical (unpaired) electrons. The predicted octanol–water partition coefficient (Wildman–Crippen LogP) is 4.94. The number of benzene rings is 2. The standard InChI is InChI=1S/C12H6Cl2F2/c13-7-1-3-9(12(16)5-7)10-6-8(15)2-4-11(10)14/h1-6H. The summed E-state index contributed by atoms with van der Waals surface area (Å²) in [5, 5.41) is 0.580. The van der Waals surface area contributed by atoms with Crippen LogP contribution in [-0.4, -0.2) is 0 Å². The lowest BCUT2D eigenvalue weighted by Gasteiger charge is -2.06.